The lowest BCUT2D eigenvalue weighted by Crippen LogP contribution is -2.13. The number of aryl methyl sites for hydroxylation is 2. The van der Waals surface area contributed by atoms with Crippen molar-refractivity contribution in [2.75, 3.05) is 7.11 Å². The van der Waals surface area contributed by atoms with Crippen LogP contribution in [0.2, 0.25) is 0 Å². The summed E-state index contributed by atoms with van der Waals surface area (Å²) in [7, 11) is 1.71. The van der Waals surface area contributed by atoms with Crippen LogP contribution in [-0.2, 0) is 6.42 Å². The third-order valence-corrected chi connectivity index (χ3v) is 3.75. The minimum atomic E-state index is -0.0359. The number of ether oxygens (including phenoxy) is 1. The molecule has 0 aliphatic carbocycles. The van der Waals surface area contributed by atoms with Crippen molar-refractivity contribution >= 4 is 0 Å². The van der Waals surface area contributed by atoms with Crippen LogP contribution in [0.5, 0.6) is 5.75 Å². The van der Waals surface area contributed by atoms with Crippen molar-refractivity contribution < 1.29 is 4.74 Å². The maximum absolute atomic E-state index is 6.33. The quantitative estimate of drug-likeness (QED) is 0.906. The van der Waals surface area contributed by atoms with E-state index in [0.717, 1.165) is 29.8 Å². The highest BCUT2D eigenvalue weighted by Gasteiger charge is 2.15. The third-order valence-electron chi connectivity index (χ3n) is 3.75. The van der Waals surface area contributed by atoms with E-state index in [0.29, 0.717) is 0 Å². The van der Waals surface area contributed by atoms with Crippen LogP contribution in [0, 0.1) is 13.8 Å². The summed E-state index contributed by atoms with van der Waals surface area (Å²) in [4.78, 5) is 4.33. The van der Waals surface area contributed by atoms with Crippen LogP contribution < -0.4 is 10.5 Å². The standard InChI is InChI=1S/C17H22N2O/c1-12-7-9-15(17(20-3)13(12)2)16(18)10-8-14-6-4-5-11-19-14/h4-7,9,11,16H,8,10,18H2,1-3H3. The van der Waals surface area contributed by atoms with Crippen molar-refractivity contribution in [3.8, 4) is 5.75 Å². The van der Waals surface area contributed by atoms with Gasteiger partial charge in [-0.15, -0.1) is 0 Å². The number of nitrogens with two attached hydrogens (primary N) is 1. The summed E-state index contributed by atoms with van der Waals surface area (Å²) < 4.78 is 5.53. The molecule has 0 spiro atoms. The van der Waals surface area contributed by atoms with E-state index in [2.05, 4.69) is 31.0 Å². The van der Waals surface area contributed by atoms with Gasteiger partial charge in [-0.25, -0.2) is 0 Å². The molecule has 0 aliphatic heterocycles. The first-order valence-corrected chi connectivity index (χ1v) is 6.93. The Labute approximate surface area is 120 Å². The lowest BCUT2D eigenvalue weighted by molar-refractivity contribution is 0.400. The van der Waals surface area contributed by atoms with Crippen molar-refractivity contribution in [1.82, 2.24) is 4.98 Å². The molecule has 0 bridgehead atoms. The van der Waals surface area contributed by atoms with Crippen molar-refractivity contribution in [2.24, 2.45) is 5.73 Å². The summed E-state index contributed by atoms with van der Waals surface area (Å²) in [6.07, 6.45) is 3.55. The van der Waals surface area contributed by atoms with Crippen LogP contribution in [0.3, 0.4) is 0 Å². The lowest BCUT2D eigenvalue weighted by atomic mass is 9.96. The van der Waals surface area contributed by atoms with Gasteiger partial charge < -0.3 is 10.5 Å². The summed E-state index contributed by atoms with van der Waals surface area (Å²) in [6, 6.07) is 10.1. The van der Waals surface area contributed by atoms with Gasteiger partial charge in [-0.1, -0.05) is 18.2 Å². The molecule has 0 saturated heterocycles. The predicted molar refractivity (Wildman–Crippen MR) is 82.0 cm³/mol. The van der Waals surface area contributed by atoms with Gasteiger partial charge >= 0.3 is 0 Å². The number of hydrogen-bond donors (Lipinski definition) is 1. The fraction of sp³-hybridized carbons (Fsp3) is 0.353. The van der Waals surface area contributed by atoms with Crippen molar-refractivity contribution in [2.45, 2.75) is 32.7 Å². The fourth-order valence-electron chi connectivity index (χ4n) is 2.38. The highest BCUT2D eigenvalue weighted by Crippen LogP contribution is 2.31. The molecule has 3 heteroatoms. The molecule has 1 heterocycles. The molecule has 1 unspecified atom stereocenters. The molecule has 2 aromatic rings. The van der Waals surface area contributed by atoms with Gasteiger partial charge in [0.25, 0.3) is 0 Å². The van der Waals surface area contributed by atoms with E-state index in [-0.39, 0.29) is 6.04 Å². The third kappa shape index (κ3) is 3.17. The Kier molecular flexibility index (Phi) is 4.74. The lowest BCUT2D eigenvalue weighted by Gasteiger charge is -2.18. The number of hydrogen-bond acceptors (Lipinski definition) is 3. The maximum Gasteiger partial charge on any atom is 0.126 e. The Balaban J connectivity index is 2.13. The first-order valence-electron chi connectivity index (χ1n) is 6.93. The summed E-state index contributed by atoms with van der Waals surface area (Å²) in [5.41, 5.74) is 10.9. The Morgan fingerprint density at radius 2 is 2.00 bits per heavy atom. The van der Waals surface area contributed by atoms with E-state index in [4.69, 9.17) is 10.5 Å². The molecule has 0 fully saturated rings. The van der Waals surface area contributed by atoms with E-state index < -0.39 is 0 Å². The molecule has 106 valence electrons. The number of rotatable bonds is 5. The minimum absolute atomic E-state index is 0.0359. The zero-order valence-corrected chi connectivity index (χ0v) is 12.4. The van der Waals surface area contributed by atoms with Gasteiger partial charge in [0.15, 0.2) is 0 Å². The molecular formula is C17H22N2O. The van der Waals surface area contributed by atoms with Crippen molar-refractivity contribution in [3.63, 3.8) is 0 Å². The van der Waals surface area contributed by atoms with Gasteiger partial charge in [0.2, 0.25) is 0 Å². The van der Waals surface area contributed by atoms with Crippen molar-refractivity contribution in [3.05, 3.63) is 58.9 Å². The molecule has 2 N–H and O–H groups in total. The topological polar surface area (TPSA) is 48.1 Å². The van der Waals surface area contributed by atoms with E-state index in [1.54, 1.807) is 7.11 Å². The predicted octanol–water partition coefficient (Wildman–Crippen LogP) is 3.34. The molecule has 20 heavy (non-hydrogen) atoms. The second-order valence-corrected chi connectivity index (χ2v) is 5.10. The van der Waals surface area contributed by atoms with Crippen LogP contribution in [0.25, 0.3) is 0 Å². The monoisotopic (exact) mass is 270 g/mol. The highest BCUT2D eigenvalue weighted by atomic mass is 16.5. The molecule has 1 aromatic heterocycles. The summed E-state index contributed by atoms with van der Waals surface area (Å²) in [5, 5.41) is 0. The normalized spacial score (nSPS) is 12.2. The van der Waals surface area contributed by atoms with E-state index in [1.165, 1.54) is 11.1 Å². The highest BCUT2D eigenvalue weighted by molar-refractivity contribution is 5.46. The van der Waals surface area contributed by atoms with Gasteiger partial charge in [0, 0.05) is 23.5 Å². The van der Waals surface area contributed by atoms with Crippen LogP contribution in [-0.4, -0.2) is 12.1 Å². The molecular weight excluding hydrogens is 248 g/mol. The van der Waals surface area contributed by atoms with Crippen LogP contribution >= 0.6 is 0 Å². The zero-order chi connectivity index (χ0) is 14.5. The number of pyridine rings is 1. The molecule has 0 amide bonds. The molecule has 0 saturated carbocycles. The van der Waals surface area contributed by atoms with E-state index in [1.807, 2.05) is 24.4 Å². The Morgan fingerprint density at radius 3 is 2.65 bits per heavy atom. The summed E-state index contributed by atoms with van der Waals surface area (Å²) >= 11 is 0. The largest absolute Gasteiger partial charge is 0.496 e. The smallest absolute Gasteiger partial charge is 0.126 e. The number of benzene rings is 1. The molecule has 1 atom stereocenters. The van der Waals surface area contributed by atoms with Gasteiger partial charge in [0.1, 0.15) is 5.75 Å². The molecule has 0 radical (unpaired) electrons. The molecule has 3 nitrogen and oxygen atoms in total. The van der Waals surface area contributed by atoms with Crippen LogP contribution in [0.4, 0.5) is 0 Å². The summed E-state index contributed by atoms with van der Waals surface area (Å²) in [5.74, 6) is 0.915. The van der Waals surface area contributed by atoms with Crippen molar-refractivity contribution in [1.29, 1.82) is 0 Å². The zero-order valence-electron chi connectivity index (χ0n) is 12.4. The Bertz CT molecular complexity index is 567. The molecule has 2 rings (SSSR count). The summed E-state index contributed by atoms with van der Waals surface area (Å²) in [6.45, 7) is 4.16. The van der Waals surface area contributed by atoms with Gasteiger partial charge in [-0.2, -0.15) is 0 Å². The van der Waals surface area contributed by atoms with E-state index in [9.17, 15) is 0 Å². The number of nitrogens with zero attached hydrogens (tertiary/aromatic N) is 1. The molecule has 0 aliphatic rings. The second-order valence-electron chi connectivity index (χ2n) is 5.10. The fourth-order valence-corrected chi connectivity index (χ4v) is 2.38. The molecule has 1 aromatic carbocycles. The van der Waals surface area contributed by atoms with Gasteiger partial charge in [0.05, 0.1) is 7.11 Å². The average molecular weight is 270 g/mol. The second kappa shape index (κ2) is 6.53. The average Bonchev–Trinajstić information content (AvgIpc) is 2.48. The number of methoxy groups -OCH3 is 1. The van der Waals surface area contributed by atoms with E-state index >= 15 is 0 Å². The van der Waals surface area contributed by atoms with Gasteiger partial charge in [-0.05, 0) is 49.9 Å². The van der Waals surface area contributed by atoms with Gasteiger partial charge in [-0.3, -0.25) is 4.98 Å². The SMILES string of the molecule is COc1c(C(N)CCc2ccccn2)ccc(C)c1C. The number of aromatic nitrogens is 1. The van der Waals surface area contributed by atoms with Crippen LogP contribution in [0.15, 0.2) is 36.5 Å². The Morgan fingerprint density at radius 1 is 1.20 bits per heavy atom. The maximum atomic E-state index is 6.33. The first-order chi connectivity index (χ1) is 9.63. The first kappa shape index (κ1) is 14.5. The minimum Gasteiger partial charge on any atom is -0.496 e. The van der Waals surface area contributed by atoms with Crippen LogP contribution in [0.1, 0.15) is 34.8 Å². The Hall–Kier alpha value is -1.87.